The smallest absolute Gasteiger partial charge is 0.228 e. The molecule has 4 nitrogen and oxygen atoms in total. The van der Waals surface area contributed by atoms with Crippen LogP contribution in [0.15, 0.2) is 24.3 Å². The Hall–Kier alpha value is -1.39. The quantitative estimate of drug-likeness (QED) is 0.807. The van der Waals surface area contributed by atoms with Crippen LogP contribution in [0.2, 0.25) is 0 Å². The summed E-state index contributed by atoms with van der Waals surface area (Å²) in [6.07, 6.45) is 2.71. The van der Waals surface area contributed by atoms with Gasteiger partial charge in [0.25, 0.3) is 0 Å². The Morgan fingerprint density at radius 1 is 1.25 bits per heavy atom. The average Bonchev–Trinajstić information content (AvgIpc) is 2.61. The molecule has 0 aromatic heterocycles. The van der Waals surface area contributed by atoms with Crippen LogP contribution in [-0.2, 0) is 21.4 Å². The van der Waals surface area contributed by atoms with Gasteiger partial charge in [-0.2, -0.15) is 0 Å². The fraction of sp³-hybridized carbons (Fsp3) is 0.650. The minimum absolute atomic E-state index is 0.0941. The Kier molecular flexibility index (Phi) is 6.41. The molecule has 1 aromatic carbocycles. The summed E-state index contributed by atoms with van der Waals surface area (Å²) in [5.41, 5.74) is 2.11. The van der Waals surface area contributed by atoms with Gasteiger partial charge in [-0.3, -0.25) is 4.79 Å². The lowest BCUT2D eigenvalue weighted by atomic mass is 9.78. The van der Waals surface area contributed by atoms with E-state index < -0.39 is 0 Å². The van der Waals surface area contributed by atoms with E-state index in [-0.39, 0.29) is 16.7 Å². The van der Waals surface area contributed by atoms with E-state index in [0.717, 1.165) is 32.4 Å². The molecule has 1 aliphatic heterocycles. The Balaban J connectivity index is 2.02. The second-order valence-electron chi connectivity index (χ2n) is 7.58. The lowest BCUT2D eigenvalue weighted by Crippen LogP contribution is -2.52. The Morgan fingerprint density at radius 2 is 1.88 bits per heavy atom. The third-order valence-corrected chi connectivity index (χ3v) is 5.30. The molecule has 0 radical (unpaired) electrons. The minimum Gasteiger partial charge on any atom is -0.384 e. The summed E-state index contributed by atoms with van der Waals surface area (Å²) in [5.74, 6) is 0.129. The summed E-state index contributed by atoms with van der Waals surface area (Å²) in [6, 6.07) is 8.72. The number of amides is 1. The van der Waals surface area contributed by atoms with Crippen molar-refractivity contribution in [2.45, 2.75) is 45.4 Å². The molecular weight excluding hydrogens is 300 g/mol. The first-order valence-corrected chi connectivity index (χ1v) is 9.01. The van der Waals surface area contributed by atoms with Crippen LogP contribution in [0.1, 0.15) is 44.7 Å². The van der Waals surface area contributed by atoms with Gasteiger partial charge in [-0.15, -0.1) is 0 Å². The predicted octanol–water partition coefficient (Wildman–Crippen LogP) is 2.66. The average molecular weight is 332 g/mol. The largest absolute Gasteiger partial charge is 0.384 e. The van der Waals surface area contributed by atoms with Crippen molar-refractivity contribution < 1.29 is 9.53 Å². The zero-order valence-electron chi connectivity index (χ0n) is 15.6. The van der Waals surface area contributed by atoms with Gasteiger partial charge in [0, 0.05) is 19.1 Å². The van der Waals surface area contributed by atoms with E-state index in [0.29, 0.717) is 13.2 Å². The van der Waals surface area contributed by atoms with E-state index in [9.17, 15) is 4.79 Å². The Morgan fingerprint density at radius 3 is 2.42 bits per heavy atom. The van der Waals surface area contributed by atoms with Crippen LogP contribution < -0.4 is 10.6 Å². The molecule has 0 saturated carbocycles. The molecular formula is C20H32N2O2. The number of carbonyl (C=O) groups is 1. The highest BCUT2D eigenvalue weighted by molar-refractivity contribution is 5.83. The third kappa shape index (κ3) is 4.37. The maximum absolute atomic E-state index is 12.9. The standard InChI is InChI=1S/C20H32N2O2/c1-5-16-6-8-17(9-7-16)19(2,3)14-22-18(23)20(15-24-4)10-12-21-13-11-20/h6-9,21H,5,10-15H2,1-4H3,(H,22,23). The maximum Gasteiger partial charge on any atom is 0.228 e. The first-order valence-electron chi connectivity index (χ1n) is 9.01. The summed E-state index contributed by atoms with van der Waals surface area (Å²) >= 11 is 0. The van der Waals surface area contributed by atoms with E-state index in [4.69, 9.17) is 4.74 Å². The van der Waals surface area contributed by atoms with Gasteiger partial charge >= 0.3 is 0 Å². The van der Waals surface area contributed by atoms with Gasteiger partial charge in [0.15, 0.2) is 0 Å². The van der Waals surface area contributed by atoms with Crippen molar-refractivity contribution in [1.82, 2.24) is 10.6 Å². The van der Waals surface area contributed by atoms with Crippen LogP contribution in [-0.4, -0.2) is 39.3 Å². The number of ether oxygens (including phenoxy) is 1. The summed E-state index contributed by atoms with van der Waals surface area (Å²) in [5, 5.41) is 6.52. The fourth-order valence-electron chi connectivity index (χ4n) is 3.40. The van der Waals surface area contributed by atoms with Gasteiger partial charge in [0.2, 0.25) is 5.91 Å². The molecule has 2 N–H and O–H groups in total. The molecule has 24 heavy (non-hydrogen) atoms. The second-order valence-corrected chi connectivity index (χ2v) is 7.58. The Bertz CT molecular complexity index is 526. The lowest BCUT2D eigenvalue weighted by Gasteiger charge is -2.37. The molecule has 1 amide bonds. The molecule has 2 rings (SSSR count). The molecule has 1 aliphatic rings. The van der Waals surface area contributed by atoms with Crippen LogP contribution >= 0.6 is 0 Å². The zero-order valence-corrected chi connectivity index (χ0v) is 15.6. The number of benzene rings is 1. The molecule has 1 fully saturated rings. The number of methoxy groups -OCH3 is 1. The summed E-state index contributed by atoms with van der Waals surface area (Å²) < 4.78 is 5.36. The van der Waals surface area contributed by atoms with Gasteiger partial charge in [-0.05, 0) is 43.5 Å². The van der Waals surface area contributed by atoms with Crippen molar-refractivity contribution in [3.05, 3.63) is 35.4 Å². The molecule has 1 heterocycles. The van der Waals surface area contributed by atoms with Crippen molar-refractivity contribution in [2.75, 3.05) is 33.4 Å². The van der Waals surface area contributed by atoms with Crippen LogP contribution in [0.25, 0.3) is 0 Å². The number of rotatable bonds is 7. The van der Waals surface area contributed by atoms with E-state index in [2.05, 4.69) is 55.7 Å². The van der Waals surface area contributed by atoms with E-state index in [1.54, 1.807) is 7.11 Å². The number of hydrogen-bond donors (Lipinski definition) is 2. The molecule has 0 spiro atoms. The molecule has 1 aromatic rings. The predicted molar refractivity (Wildman–Crippen MR) is 98.3 cm³/mol. The highest BCUT2D eigenvalue weighted by Gasteiger charge is 2.40. The SMILES string of the molecule is CCc1ccc(C(C)(C)CNC(=O)C2(COC)CCNCC2)cc1. The summed E-state index contributed by atoms with van der Waals surface area (Å²) in [7, 11) is 1.68. The number of hydrogen-bond acceptors (Lipinski definition) is 3. The van der Waals surface area contributed by atoms with Gasteiger partial charge in [0.1, 0.15) is 0 Å². The van der Waals surface area contributed by atoms with Crippen molar-refractivity contribution in [2.24, 2.45) is 5.41 Å². The van der Waals surface area contributed by atoms with E-state index in [1.807, 2.05) is 0 Å². The van der Waals surface area contributed by atoms with E-state index >= 15 is 0 Å². The van der Waals surface area contributed by atoms with Gasteiger partial charge < -0.3 is 15.4 Å². The number of piperidine rings is 1. The van der Waals surface area contributed by atoms with Crippen LogP contribution in [0, 0.1) is 5.41 Å². The van der Waals surface area contributed by atoms with Crippen molar-refractivity contribution in [1.29, 1.82) is 0 Å². The molecule has 4 heteroatoms. The number of carbonyl (C=O) groups excluding carboxylic acids is 1. The van der Waals surface area contributed by atoms with Crippen molar-refractivity contribution >= 4 is 5.91 Å². The molecule has 0 bridgehead atoms. The Labute approximate surface area is 146 Å². The van der Waals surface area contributed by atoms with Gasteiger partial charge in [-0.25, -0.2) is 0 Å². The molecule has 1 saturated heterocycles. The molecule has 0 atom stereocenters. The zero-order chi connectivity index (χ0) is 17.6. The normalized spacial score (nSPS) is 17.5. The summed E-state index contributed by atoms with van der Waals surface area (Å²) in [4.78, 5) is 12.9. The fourth-order valence-corrected chi connectivity index (χ4v) is 3.40. The van der Waals surface area contributed by atoms with Gasteiger partial charge in [-0.1, -0.05) is 45.0 Å². The molecule has 0 unspecified atom stereocenters. The van der Waals surface area contributed by atoms with Crippen molar-refractivity contribution in [3.8, 4) is 0 Å². The minimum atomic E-state index is -0.387. The molecule has 0 aliphatic carbocycles. The van der Waals surface area contributed by atoms with Crippen LogP contribution in [0.3, 0.4) is 0 Å². The van der Waals surface area contributed by atoms with Crippen molar-refractivity contribution in [3.63, 3.8) is 0 Å². The topological polar surface area (TPSA) is 50.4 Å². The molecule has 134 valence electrons. The monoisotopic (exact) mass is 332 g/mol. The summed E-state index contributed by atoms with van der Waals surface area (Å²) in [6.45, 7) is 9.40. The van der Waals surface area contributed by atoms with Crippen LogP contribution in [0.5, 0.6) is 0 Å². The highest BCUT2D eigenvalue weighted by atomic mass is 16.5. The van der Waals surface area contributed by atoms with Gasteiger partial charge in [0.05, 0.1) is 12.0 Å². The number of nitrogens with one attached hydrogen (secondary N) is 2. The first kappa shape index (κ1) is 18.9. The lowest BCUT2D eigenvalue weighted by molar-refractivity contribution is -0.136. The maximum atomic E-state index is 12.9. The number of aryl methyl sites for hydroxylation is 1. The van der Waals surface area contributed by atoms with Crippen LogP contribution in [0.4, 0.5) is 0 Å². The third-order valence-electron chi connectivity index (χ3n) is 5.30. The second kappa shape index (κ2) is 8.13. The first-order chi connectivity index (χ1) is 11.4. The highest BCUT2D eigenvalue weighted by Crippen LogP contribution is 2.30. The van der Waals surface area contributed by atoms with E-state index in [1.165, 1.54) is 11.1 Å².